The number of carbonyl (C=O) groups is 3. The van der Waals surface area contributed by atoms with E-state index in [2.05, 4.69) is 20.6 Å². The van der Waals surface area contributed by atoms with Crippen LogP contribution in [0, 0.1) is 5.92 Å². The fourth-order valence-corrected chi connectivity index (χ4v) is 5.86. The molecule has 1 aromatic heterocycles. The maximum atomic E-state index is 13.2. The van der Waals surface area contributed by atoms with Crippen molar-refractivity contribution in [3.05, 3.63) is 35.0 Å². The summed E-state index contributed by atoms with van der Waals surface area (Å²) in [5, 5.41) is 6.40. The van der Waals surface area contributed by atoms with Crippen molar-refractivity contribution in [1.29, 1.82) is 0 Å². The zero-order valence-electron chi connectivity index (χ0n) is 27.4. The monoisotopic (exact) mass is 674 g/mol. The van der Waals surface area contributed by atoms with Gasteiger partial charge in [0.15, 0.2) is 0 Å². The molecule has 47 heavy (non-hydrogen) atoms. The van der Waals surface area contributed by atoms with Gasteiger partial charge in [-0.3, -0.25) is 14.4 Å². The fraction of sp³-hybridized carbons (Fsp3) is 0.606. The fourth-order valence-electron chi connectivity index (χ4n) is 5.68. The van der Waals surface area contributed by atoms with E-state index in [9.17, 15) is 14.4 Å². The summed E-state index contributed by atoms with van der Waals surface area (Å²) in [7, 11) is 3.24. The Morgan fingerprint density at radius 1 is 0.915 bits per heavy atom. The minimum absolute atomic E-state index is 0.00292. The Balaban J connectivity index is 1.06. The van der Waals surface area contributed by atoms with E-state index in [0.29, 0.717) is 124 Å². The number of benzene rings is 1. The smallest absolute Gasteiger partial charge is 0.254 e. The van der Waals surface area contributed by atoms with Crippen molar-refractivity contribution in [3.8, 4) is 5.75 Å². The molecule has 2 aromatic rings. The van der Waals surface area contributed by atoms with Crippen LogP contribution in [0.5, 0.6) is 5.75 Å². The van der Waals surface area contributed by atoms with Crippen LogP contribution in [0.15, 0.2) is 24.4 Å². The summed E-state index contributed by atoms with van der Waals surface area (Å²) in [4.78, 5) is 49.9. The number of amides is 2. The van der Waals surface area contributed by atoms with Crippen LogP contribution in [0.25, 0.3) is 0 Å². The molecule has 1 aliphatic heterocycles. The van der Waals surface area contributed by atoms with E-state index in [1.54, 1.807) is 35.0 Å². The van der Waals surface area contributed by atoms with Gasteiger partial charge in [-0.2, -0.15) is 4.98 Å². The molecule has 0 atom stereocenters. The third-order valence-electron chi connectivity index (χ3n) is 8.32. The number of hydrogen-bond donors (Lipinski definition) is 2. The molecule has 2 amide bonds. The number of halogens is 1. The average molecular weight is 675 g/mol. The molecule has 1 aliphatic carbocycles. The van der Waals surface area contributed by atoms with Crippen molar-refractivity contribution in [2.24, 2.45) is 5.92 Å². The first-order chi connectivity index (χ1) is 22.9. The number of hydrogen-bond acceptors (Lipinski definition) is 11. The van der Waals surface area contributed by atoms with Gasteiger partial charge in [0.05, 0.1) is 65.1 Å². The second kappa shape index (κ2) is 19.3. The third-order valence-corrected chi connectivity index (χ3v) is 8.59. The van der Waals surface area contributed by atoms with Crippen molar-refractivity contribution in [2.45, 2.75) is 44.9 Å². The highest BCUT2D eigenvalue weighted by Crippen LogP contribution is 2.30. The number of rotatable bonds is 19. The second-order valence-electron chi connectivity index (χ2n) is 11.6. The number of nitrogens with one attached hydrogen (secondary N) is 2. The highest BCUT2D eigenvalue weighted by Gasteiger charge is 2.25. The lowest BCUT2D eigenvalue weighted by atomic mass is 10.00. The highest BCUT2D eigenvalue weighted by molar-refractivity contribution is 6.32. The first kappa shape index (κ1) is 36.3. The summed E-state index contributed by atoms with van der Waals surface area (Å²) < 4.78 is 22.1. The minimum Gasteiger partial charge on any atom is -0.495 e. The Bertz CT molecular complexity index is 1320. The Hall–Kier alpha value is -3.52. The summed E-state index contributed by atoms with van der Waals surface area (Å²) in [5.74, 6) is 2.01. The molecular formula is C33H47ClN6O7. The van der Waals surface area contributed by atoms with Gasteiger partial charge in [-0.15, -0.1) is 0 Å². The second-order valence-corrected chi connectivity index (χ2v) is 12.0. The number of methoxy groups -OCH3 is 1. The Morgan fingerprint density at radius 2 is 1.55 bits per heavy atom. The molecule has 1 saturated carbocycles. The van der Waals surface area contributed by atoms with Gasteiger partial charge in [-0.05, 0) is 24.1 Å². The van der Waals surface area contributed by atoms with Crippen LogP contribution in [-0.4, -0.2) is 117 Å². The van der Waals surface area contributed by atoms with E-state index in [4.69, 9.17) is 30.5 Å². The lowest BCUT2D eigenvalue weighted by Gasteiger charge is -2.35. The van der Waals surface area contributed by atoms with Crippen LogP contribution in [0.2, 0.25) is 5.02 Å². The van der Waals surface area contributed by atoms with E-state index in [0.717, 1.165) is 0 Å². The molecule has 1 aromatic carbocycles. The minimum atomic E-state index is -0.135. The molecule has 0 radical (unpaired) electrons. The first-order valence-corrected chi connectivity index (χ1v) is 16.7. The highest BCUT2D eigenvalue weighted by atomic mass is 35.5. The van der Waals surface area contributed by atoms with Gasteiger partial charge in [0.25, 0.3) is 5.91 Å². The van der Waals surface area contributed by atoms with Crippen molar-refractivity contribution >= 4 is 46.7 Å². The normalized spacial score (nSPS) is 15.1. The number of ketones is 1. The van der Waals surface area contributed by atoms with Crippen molar-refractivity contribution in [1.82, 2.24) is 19.8 Å². The molecule has 13 nitrogen and oxygen atoms in total. The lowest BCUT2D eigenvalue weighted by molar-refractivity contribution is -0.134. The maximum Gasteiger partial charge on any atom is 0.254 e. The van der Waals surface area contributed by atoms with Gasteiger partial charge in [-0.1, -0.05) is 37.3 Å². The van der Waals surface area contributed by atoms with E-state index in [-0.39, 0.29) is 18.2 Å². The van der Waals surface area contributed by atoms with Crippen molar-refractivity contribution in [2.75, 3.05) is 90.6 Å². The molecule has 2 aliphatic rings. The predicted octanol–water partition coefficient (Wildman–Crippen LogP) is 4.19. The lowest BCUT2D eigenvalue weighted by Crippen LogP contribution is -2.50. The third kappa shape index (κ3) is 11.6. The first-order valence-electron chi connectivity index (χ1n) is 16.3. The molecule has 258 valence electrons. The van der Waals surface area contributed by atoms with E-state index in [1.807, 2.05) is 0 Å². The molecule has 1 saturated heterocycles. The predicted molar refractivity (Wildman–Crippen MR) is 179 cm³/mol. The molecule has 0 unspecified atom stereocenters. The Morgan fingerprint density at radius 3 is 2.21 bits per heavy atom. The molecule has 4 rings (SSSR count). The molecule has 2 fully saturated rings. The molecule has 2 N–H and O–H groups in total. The average Bonchev–Trinajstić information content (AvgIpc) is 3.60. The number of carbonyl (C=O) groups excluding carboxylic acids is 3. The summed E-state index contributed by atoms with van der Waals surface area (Å²) in [6.07, 6.45) is 7.81. The molecule has 14 heteroatoms. The number of nitrogens with zero attached hydrogens (tertiary/aromatic N) is 4. The van der Waals surface area contributed by atoms with E-state index >= 15 is 0 Å². The van der Waals surface area contributed by atoms with Crippen molar-refractivity contribution < 1.29 is 33.3 Å². The summed E-state index contributed by atoms with van der Waals surface area (Å²) in [5.41, 5.74) is 1.08. The SMILES string of the molecule is CNc1nc(Nc2ccc(C(=O)N3CCN(C(=O)CCOCCOCCOCCC(=O)CC4CCCC4)CC3)cc2OC)ncc1Cl. The van der Waals surface area contributed by atoms with Crippen LogP contribution >= 0.6 is 11.6 Å². The molecular weight excluding hydrogens is 628 g/mol. The van der Waals surface area contributed by atoms with Crippen LogP contribution in [0.1, 0.15) is 55.3 Å². The number of piperazine rings is 1. The van der Waals surface area contributed by atoms with Gasteiger partial charge >= 0.3 is 0 Å². The maximum absolute atomic E-state index is 13.2. The van der Waals surface area contributed by atoms with Crippen LogP contribution in [0.4, 0.5) is 17.5 Å². The van der Waals surface area contributed by atoms with Gasteiger partial charge in [0.1, 0.15) is 22.4 Å². The van der Waals surface area contributed by atoms with Gasteiger partial charge in [0, 0.05) is 51.6 Å². The largest absolute Gasteiger partial charge is 0.495 e. The summed E-state index contributed by atoms with van der Waals surface area (Å²) in [6.45, 7) is 4.20. The molecule has 0 spiro atoms. The van der Waals surface area contributed by atoms with Crippen LogP contribution in [0.3, 0.4) is 0 Å². The summed E-state index contributed by atoms with van der Waals surface area (Å²) in [6, 6.07) is 5.13. The standard InChI is InChI=1S/C33H47ClN6O7/c1-35-31-27(34)23-36-33(38-31)37-28-8-7-25(22-29(28)44-2)32(43)40-13-11-39(12-14-40)30(42)10-16-46-18-20-47-19-17-45-15-9-26(41)21-24-5-3-4-6-24/h7-8,22-24H,3-6,9-21H2,1-2H3,(H2,35,36,37,38). The number of ether oxygens (including phenoxy) is 4. The zero-order valence-corrected chi connectivity index (χ0v) is 28.2. The van der Waals surface area contributed by atoms with Crippen molar-refractivity contribution in [3.63, 3.8) is 0 Å². The van der Waals surface area contributed by atoms with Gasteiger partial charge in [0.2, 0.25) is 11.9 Å². The number of aromatic nitrogens is 2. The van der Waals surface area contributed by atoms with Crippen LogP contribution < -0.4 is 15.4 Å². The van der Waals surface area contributed by atoms with E-state index < -0.39 is 0 Å². The zero-order chi connectivity index (χ0) is 33.4. The number of Topliss-reactive ketones (excluding diaryl/α,β-unsaturated/α-hetero) is 1. The summed E-state index contributed by atoms with van der Waals surface area (Å²) >= 11 is 6.07. The molecule has 0 bridgehead atoms. The number of anilines is 3. The molecule has 2 heterocycles. The van der Waals surface area contributed by atoms with Gasteiger partial charge in [-0.25, -0.2) is 4.98 Å². The Kier molecular flexibility index (Phi) is 14.9. The van der Waals surface area contributed by atoms with E-state index in [1.165, 1.54) is 39.0 Å². The van der Waals surface area contributed by atoms with Gasteiger partial charge < -0.3 is 39.4 Å². The topological polar surface area (TPSA) is 144 Å². The Labute approximate surface area is 281 Å². The van der Waals surface area contributed by atoms with Crippen LogP contribution in [-0.2, 0) is 23.8 Å². The quantitative estimate of drug-likeness (QED) is 0.207.